The number of fused-ring (bicyclic) bond motifs is 1. The molecule has 4 nitrogen and oxygen atoms in total. The molecule has 128 valence electrons. The summed E-state index contributed by atoms with van der Waals surface area (Å²) in [4.78, 5) is 9.70. The van der Waals surface area contributed by atoms with Crippen molar-refractivity contribution in [1.82, 2.24) is 5.32 Å². The summed E-state index contributed by atoms with van der Waals surface area (Å²) < 4.78 is 0. The fourth-order valence-corrected chi connectivity index (χ4v) is 1.85. The lowest BCUT2D eigenvalue weighted by Gasteiger charge is -2.04. The summed E-state index contributed by atoms with van der Waals surface area (Å²) in [6.45, 7) is 7.43. The second kappa shape index (κ2) is 11.0. The molecule has 0 aliphatic rings. The average Bonchev–Trinajstić information content (AvgIpc) is 2.48. The van der Waals surface area contributed by atoms with E-state index in [2.05, 4.69) is 30.4 Å². The third-order valence-corrected chi connectivity index (χ3v) is 3.22. The Kier molecular flexibility index (Phi) is 10.3. The number of halogens is 1. The molecule has 5 heteroatoms. The van der Waals surface area contributed by atoms with Crippen molar-refractivity contribution < 1.29 is 15.0 Å². The molecule has 2 aromatic carbocycles. The monoisotopic (exact) mass is 383 g/mol. The van der Waals surface area contributed by atoms with Crippen molar-refractivity contribution in [3.05, 3.63) is 42.0 Å². The van der Waals surface area contributed by atoms with E-state index in [9.17, 15) is 9.90 Å². The number of carboxylic acid groups (broad SMARTS) is 1. The van der Waals surface area contributed by atoms with Crippen LogP contribution in [0.3, 0.4) is 0 Å². The van der Waals surface area contributed by atoms with Gasteiger partial charge in [-0.25, -0.2) is 0 Å². The second-order valence-corrected chi connectivity index (χ2v) is 5.46. The van der Waals surface area contributed by atoms with Crippen molar-refractivity contribution in [2.75, 3.05) is 13.1 Å². The Morgan fingerprint density at radius 1 is 1.13 bits per heavy atom. The second-order valence-electron chi connectivity index (χ2n) is 5.46. The van der Waals surface area contributed by atoms with Crippen LogP contribution in [0.4, 0.5) is 0 Å². The Morgan fingerprint density at radius 2 is 1.70 bits per heavy atom. The van der Waals surface area contributed by atoms with Crippen LogP contribution < -0.4 is 5.32 Å². The number of rotatable bonds is 5. The first kappa shape index (κ1) is 21.4. The summed E-state index contributed by atoms with van der Waals surface area (Å²) in [6.07, 6.45) is 1.05. The summed E-state index contributed by atoms with van der Waals surface area (Å²) in [5.41, 5.74) is 1.33. The van der Waals surface area contributed by atoms with Crippen molar-refractivity contribution in [3.63, 3.8) is 0 Å². The van der Waals surface area contributed by atoms with E-state index in [0.717, 1.165) is 24.9 Å². The van der Waals surface area contributed by atoms with Gasteiger partial charge < -0.3 is 15.5 Å². The van der Waals surface area contributed by atoms with Gasteiger partial charge in [-0.1, -0.05) is 45.0 Å². The van der Waals surface area contributed by atoms with Gasteiger partial charge in [-0.05, 0) is 48.0 Å². The van der Waals surface area contributed by atoms with Crippen LogP contribution in [0.2, 0.25) is 0 Å². The van der Waals surface area contributed by atoms with Gasteiger partial charge >= 0.3 is 5.97 Å². The molecular formula is C18H26BrNO3. The van der Waals surface area contributed by atoms with Crippen LogP contribution in [-0.2, 0) is 11.2 Å². The topological polar surface area (TPSA) is 69.6 Å². The lowest BCUT2D eigenvalue weighted by Crippen LogP contribution is -2.15. The number of carboxylic acids is 1. The molecule has 0 aromatic heterocycles. The van der Waals surface area contributed by atoms with Gasteiger partial charge in [-0.2, -0.15) is 0 Å². The van der Waals surface area contributed by atoms with Gasteiger partial charge in [0, 0.05) is 0 Å². The van der Waals surface area contributed by atoms with Crippen LogP contribution in [0.5, 0.6) is 5.75 Å². The highest BCUT2D eigenvalue weighted by molar-refractivity contribution is 8.93. The molecule has 0 saturated carbocycles. The molecule has 3 N–H and O–H groups in total. The normalized spacial score (nSPS) is 9.91. The summed E-state index contributed by atoms with van der Waals surface area (Å²) in [6, 6.07) is 11.9. The number of phenols is 1. The molecule has 2 rings (SSSR count). The van der Waals surface area contributed by atoms with Gasteiger partial charge in [0.2, 0.25) is 0 Å². The Morgan fingerprint density at radius 3 is 2.26 bits per heavy atom. The Bertz CT molecular complexity index is 614. The number of likely N-dealkylation sites (N-methyl/N-ethyl adjacent to an activating group) is 1. The van der Waals surface area contributed by atoms with Crippen LogP contribution >= 0.6 is 17.0 Å². The lowest BCUT2D eigenvalue weighted by molar-refractivity contribution is -0.140. The molecule has 0 aliphatic heterocycles. The number of benzene rings is 2. The van der Waals surface area contributed by atoms with Crippen LogP contribution in [-0.4, -0.2) is 29.3 Å². The predicted molar refractivity (Wildman–Crippen MR) is 101 cm³/mol. The number of aromatic hydroxyl groups is 1. The maximum atomic E-state index is 9.70. The van der Waals surface area contributed by atoms with Crippen LogP contribution in [0, 0.1) is 5.92 Å². The molecule has 0 atom stereocenters. The van der Waals surface area contributed by atoms with Gasteiger partial charge in [-0.3, -0.25) is 4.79 Å². The molecule has 0 aliphatic carbocycles. The Labute approximate surface area is 148 Å². The highest BCUT2D eigenvalue weighted by Gasteiger charge is 1.99. The van der Waals surface area contributed by atoms with Gasteiger partial charge in [0.1, 0.15) is 5.75 Å². The molecular weight excluding hydrogens is 358 g/mol. The lowest BCUT2D eigenvalue weighted by atomic mass is 10.0. The Balaban J connectivity index is 0.000000599. The van der Waals surface area contributed by atoms with E-state index in [1.807, 2.05) is 6.07 Å². The smallest absolute Gasteiger partial charge is 0.305 e. The average molecular weight is 384 g/mol. The van der Waals surface area contributed by atoms with Gasteiger partial charge in [0.25, 0.3) is 0 Å². The van der Waals surface area contributed by atoms with E-state index in [-0.39, 0.29) is 22.9 Å². The summed E-state index contributed by atoms with van der Waals surface area (Å²) >= 11 is 0. The van der Waals surface area contributed by atoms with E-state index >= 15 is 0 Å². The van der Waals surface area contributed by atoms with E-state index in [1.165, 1.54) is 10.9 Å². The van der Waals surface area contributed by atoms with Crippen LogP contribution in [0.15, 0.2) is 36.4 Å². The van der Waals surface area contributed by atoms with Crippen LogP contribution in [0.1, 0.15) is 26.3 Å². The summed E-state index contributed by atoms with van der Waals surface area (Å²) in [5.74, 6) is -0.645. The van der Waals surface area contributed by atoms with Crippen molar-refractivity contribution in [3.8, 4) is 5.75 Å². The minimum atomic E-state index is -0.741. The van der Waals surface area contributed by atoms with Gasteiger partial charge in [0.15, 0.2) is 0 Å². The standard InChI is InChI=1S/C14H17NO.C4H8O2.BrH/c1-2-15-8-7-11-3-4-13-10-14(16)6-5-12(13)9-11;1-3(2)4(5)6;/h3-6,9-10,15-16H,2,7-8H2,1H3;3H,1-2H3,(H,5,6);1H. The first-order valence-corrected chi connectivity index (χ1v) is 7.59. The zero-order valence-electron chi connectivity index (χ0n) is 13.9. The van der Waals surface area contributed by atoms with Crippen LogP contribution in [0.25, 0.3) is 10.8 Å². The zero-order valence-corrected chi connectivity index (χ0v) is 15.6. The minimum Gasteiger partial charge on any atom is -0.508 e. The number of hydrogen-bond acceptors (Lipinski definition) is 3. The molecule has 0 heterocycles. The van der Waals surface area contributed by atoms with Gasteiger partial charge in [-0.15, -0.1) is 17.0 Å². The highest BCUT2D eigenvalue weighted by Crippen LogP contribution is 2.21. The molecule has 0 amide bonds. The van der Waals surface area contributed by atoms with E-state index in [1.54, 1.807) is 26.0 Å². The SMILES string of the molecule is Br.CC(C)C(=O)O.CCNCCc1ccc2cc(O)ccc2c1. The number of aliphatic carboxylic acids is 1. The minimum absolute atomic E-state index is 0. The van der Waals surface area contributed by atoms with Crippen molar-refractivity contribution in [2.24, 2.45) is 5.92 Å². The number of nitrogens with one attached hydrogen (secondary N) is 1. The van der Waals surface area contributed by atoms with Gasteiger partial charge in [0.05, 0.1) is 5.92 Å². The zero-order chi connectivity index (χ0) is 16.5. The predicted octanol–water partition coefficient (Wildman–Crippen LogP) is 4.00. The number of carbonyl (C=O) groups is 1. The van der Waals surface area contributed by atoms with Crippen molar-refractivity contribution in [2.45, 2.75) is 27.2 Å². The summed E-state index contributed by atoms with van der Waals surface area (Å²) in [5, 5.41) is 22.9. The third-order valence-electron chi connectivity index (χ3n) is 3.22. The van der Waals surface area contributed by atoms with Crippen molar-refractivity contribution in [1.29, 1.82) is 0 Å². The molecule has 0 radical (unpaired) electrons. The van der Waals surface area contributed by atoms with E-state index < -0.39 is 5.97 Å². The maximum Gasteiger partial charge on any atom is 0.305 e. The molecule has 2 aromatic rings. The quantitative estimate of drug-likeness (QED) is 0.682. The number of hydrogen-bond donors (Lipinski definition) is 3. The fraction of sp³-hybridized carbons (Fsp3) is 0.389. The summed E-state index contributed by atoms with van der Waals surface area (Å²) in [7, 11) is 0. The number of phenolic OH excluding ortho intramolecular Hbond substituents is 1. The molecule has 0 unspecified atom stereocenters. The third kappa shape index (κ3) is 8.00. The van der Waals surface area contributed by atoms with E-state index in [4.69, 9.17) is 5.11 Å². The highest BCUT2D eigenvalue weighted by atomic mass is 79.9. The molecule has 0 fully saturated rings. The van der Waals surface area contributed by atoms with Crippen molar-refractivity contribution >= 4 is 33.7 Å². The first-order chi connectivity index (χ1) is 10.4. The largest absolute Gasteiger partial charge is 0.508 e. The fourth-order valence-electron chi connectivity index (χ4n) is 1.85. The first-order valence-electron chi connectivity index (χ1n) is 7.59. The molecule has 0 spiro atoms. The van der Waals surface area contributed by atoms with E-state index in [0.29, 0.717) is 5.75 Å². The molecule has 0 saturated heterocycles. The maximum absolute atomic E-state index is 9.70. The Hall–Kier alpha value is -1.59. The molecule has 0 bridgehead atoms. The molecule has 23 heavy (non-hydrogen) atoms.